The molecule has 4 aliphatic rings. The number of hydrogen-bond donors (Lipinski definition) is 6. The first kappa shape index (κ1) is 25.5. The maximum Gasteiger partial charge on any atom is 0.350 e. The zero-order chi connectivity index (χ0) is 26.7. The highest BCUT2D eigenvalue weighted by Crippen LogP contribution is 2.43. The third-order valence-electron chi connectivity index (χ3n) is 6.54. The Morgan fingerprint density at radius 3 is 2.70 bits per heavy atom. The Morgan fingerprint density at radius 1 is 1.43 bits per heavy atom. The number of carbonyl (C=O) groups is 3. The average Bonchev–Trinajstić information content (AvgIpc) is 3.67. The molecule has 5 atom stereocenters. The fourth-order valence-electron chi connectivity index (χ4n) is 4.41. The summed E-state index contributed by atoms with van der Waals surface area (Å²) in [6.07, 6.45) is -1.46. The van der Waals surface area contributed by atoms with Gasteiger partial charge in [-0.2, -0.15) is 8.42 Å². The van der Waals surface area contributed by atoms with E-state index in [2.05, 4.69) is 20.8 Å². The summed E-state index contributed by atoms with van der Waals surface area (Å²) in [7, 11) is -4.78. The molecule has 8 N–H and O–H groups in total. The molecule has 0 aromatic carbocycles. The van der Waals surface area contributed by atoms with E-state index in [4.69, 9.17) is 21.0 Å². The predicted molar refractivity (Wildman–Crippen MR) is 124 cm³/mol. The number of nitrogens with two attached hydrogens (primary N) is 2. The SMILES string of the molecule is NCC1CN(C[C@@H]2[C@H](NC(=O)/C(=N\OC3(C(=O)O)CC3)c3csc(N)n3)C3OC3N2S(=O)(=O)O)C(=O)N1. The highest BCUT2D eigenvalue weighted by Gasteiger charge is 2.65. The van der Waals surface area contributed by atoms with Crippen LogP contribution in [-0.4, -0.2) is 112 Å². The number of oxime groups is 1. The summed E-state index contributed by atoms with van der Waals surface area (Å²) in [6.45, 7) is 0.175. The van der Waals surface area contributed by atoms with Crippen LogP contribution in [0.4, 0.5) is 9.93 Å². The van der Waals surface area contributed by atoms with Gasteiger partial charge in [-0.05, 0) is 0 Å². The fourth-order valence-corrected chi connectivity index (χ4v) is 5.93. The number of nitrogen functional groups attached to an aromatic ring is 1. The third-order valence-corrected chi connectivity index (χ3v) is 8.23. The molecule has 0 bridgehead atoms. The van der Waals surface area contributed by atoms with Crippen LogP contribution in [0.5, 0.6) is 0 Å². The van der Waals surface area contributed by atoms with E-state index in [1.807, 2.05) is 0 Å². The third kappa shape index (κ3) is 4.80. The van der Waals surface area contributed by atoms with E-state index in [0.717, 1.165) is 11.3 Å². The monoisotopic (exact) mass is 560 g/mol. The number of carboxylic acid groups (broad SMARTS) is 1. The second-order valence-corrected chi connectivity index (χ2v) is 11.3. The second-order valence-electron chi connectivity index (χ2n) is 9.05. The van der Waals surface area contributed by atoms with Crippen LogP contribution in [0.3, 0.4) is 0 Å². The number of anilines is 1. The van der Waals surface area contributed by atoms with Crippen molar-refractivity contribution in [2.45, 2.75) is 48.9 Å². The largest absolute Gasteiger partial charge is 0.478 e. The zero-order valence-electron chi connectivity index (χ0n) is 19.0. The Kier molecular flexibility index (Phi) is 6.23. The Balaban J connectivity index is 1.40. The predicted octanol–water partition coefficient (Wildman–Crippen LogP) is -2.89. The van der Waals surface area contributed by atoms with E-state index in [-0.39, 0.29) is 55.1 Å². The average molecular weight is 561 g/mol. The second kappa shape index (κ2) is 9.03. The van der Waals surface area contributed by atoms with Crippen LogP contribution in [0.15, 0.2) is 10.5 Å². The van der Waals surface area contributed by atoms with Crippen LogP contribution in [0.2, 0.25) is 0 Å². The number of epoxide rings is 1. The van der Waals surface area contributed by atoms with Gasteiger partial charge in [-0.25, -0.2) is 14.6 Å². The molecule has 0 radical (unpaired) electrons. The molecule has 17 nitrogen and oxygen atoms in total. The van der Waals surface area contributed by atoms with Gasteiger partial charge in [0.1, 0.15) is 11.8 Å². The summed E-state index contributed by atoms with van der Waals surface area (Å²) in [4.78, 5) is 47.7. The number of rotatable bonds is 10. The molecule has 202 valence electrons. The minimum Gasteiger partial charge on any atom is -0.478 e. The summed E-state index contributed by atoms with van der Waals surface area (Å²) >= 11 is 1.01. The van der Waals surface area contributed by atoms with E-state index >= 15 is 0 Å². The molecule has 4 fully saturated rings. The fraction of sp³-hybridized carbons (Fsp3) is 0.611. The molecule has 1 saturated carbocycles. The minimum atomic E-state index is -4.78. The molecule has 0 spiro atoms. The van der Waals surface area contributed by atoms with E-state index in [1.165, 1.54) is 10.3 Å². The van der Waals surface area contributed by atoms with Crippen molar-refractivity contribution in [3.05, 3.63) is 11.1 Å². The summed E-state index contributed by atoms with van der Waals surface area (Å²) in [5, 5.41) is 20.0. The molecular weight excluding hydrogens is 536 g/mol. The lowest BCUT2D eigenvalue weighted by Gasteiger charge is -2.31. The first-order chi connectivity index (χ1) is 17.4. The molecule has 3 amide bonds. The molecule has 1 aromatic heterocycles. The number of fused-ring (bicyclic) bond motifs is 1. The molecule has 1 aliphatic carbocycles. The zero-order valence-corrected chi connectivity index (χ0v) is 20.6. The standard InChI is InChI=1S/C18H24N8O9S2/c19-3-7-4-25(17(30)21-7)5-9-11(12-14(34-12)26(9)37(31,32)33)23-13(27)10(8-6-36-16(20)22-8)24-35-18(1-2-18)15(28)29/h6-7,9,11-12,14H,1-5,19H2,(H2,20,22)(H,21,30)(H,23,27)(H,28,29)(H,31,32,33)/b24-10-/t7?,9-,11+,12?,14?/m1/s1. The number of thiazole rings is 1. The quantitative estimate of drug-likeness (QED) is 0.0730. The van der Waals surface area contributed by atoms with Crippen LogP contribution in [-0.2, 0) is 29.5 Å². The van der Waals surface area contributed by atoms with E-state index in [0.29, 0.717) is 4.31 Å². The van der Waals surface area contributed by atoms with Crippen molar-refractivity contribution in [2.75, 3.05) is 25.4 Å². The summed E-state index contributed by atoms with van der Waals surface area (Å²) in [5.41, 5.74) is 9.38. The van der Waals surface area contributed by atoms with Crippen molar-refractivity contribution in [3.8, 4) is 0 Å². The molecule has 4 heterocycles. The van der Waals surface area contributed by atoms with Crippen LogP contribution >= 0.6 is 11.3 Å². The van der Waals surface area contributed by atoms with Crippen molar-refractivity contribution in [1.82, 2.24) is 24.8 Å². The number of carbonyl (C=O) groups excluding carboxylic acids is 2. The van der Waals surface area contributed by atoms with Gasteiger partial charge in [-0.3, -0.25) is 9.35 Å². The Bertz CT molecular complexity index is 1270. The first-order valence-corrected chi connectivity index (χ1v) is 13.4. The number of amides is 3. The van der Waals surface area contributed by atoms with Gasteiger partial charge in [0, 0.05) is 37.9 Å². The molecular formula is C18H24N8O9S2. The number of urea groups is 1. The van der Waals surface area contributed by atoms with Crippen molar-refractivity contribution in [2.24, 2.45) is 10.9 Å². The van der Waals surface area contributed by atoms with E-state index in [1.54, 1.807) is 0 Å². The number of carboxylic acids is 1. The van der Waals surface area contributed by atoms with Crippen LogP contribution in [0, 0.1) is 0 Å². The highest BCUT2D eigenvalue weighted by atomic mass is 32.2. The highest BCUT2D eigenvalue weighted by molar-refractivity contribution is 7.83. The summed E-state index contributed by atoms with van der Waals surface area (Å²) < 4.78 is 40.2. The van der Waals surface area contributed by atoms with Crippen LogP contribution in [0.1, 0.15) is 18.5 Å². The van der Waals surface area contributed by atoms with Gasteiger partial charge >= 0.3 is 22.3 Å². The van der Waals surface area contributed by atoms with Crippen LogP contribution < -0.4 is 22.1 Å². The number of nitrogens with one attached hydrogen (secondary N) is 2. The lowest BCUT2D eigenvalue weighted by atomic mass is 10.1. The summed E-state index contributed by atoms with van der Waals surface area (Å²) in [6, 6.07) is -2.93. The Labute approximate surface area is 213 Å². The normalized spacial score (nSPS) is 30.5. The van der Waals surface area contributed by atoms with Crippen molar-refractivity contribution >= 4 is 50.4 Å². The van der Waals surface area contributed by atoms with Crippen molar-refractivity contribution < 1.29 is 42.0 Å². The van der Waals surface area contributed by atoms with Gasteiger partial charge in [0.2, 0.25) is 5.60 Å². The molecule has 5 rings (SSSR count). The first-order valence-electron chi connectivity index (χ1n) is 11.1. The van der Waals surface area contributed by atoms with E-state index < -0.39 is 58.2 Å². The van der Waals surface area contributed by atoms with Crippen molar-refractivity contribution in [3.63, 3.8) is 0 Å². The lowest BCUT2D eigenvalue weighted by molar-refractivity contribution is -0.153. The van der Waals surface area contributed by atoms with Crippen LogP contribution in [0.25, 0.3) is 0 Å². The van der Waals surface area contributed by atoms with Gasteiger partial charge in [0.05, 0.1) is 18.1 Å². The molecule has 3 saturated heterocycles. The van der Waals surface area contributed by atoms with Gasteiger partial charge in [-0.1, -0.05) is 5.16 Å². The molecule has 3 unspecified atom stereocenters. The summed E-state index contributed by atoms with van der Waals surface area (Å²) in [5.74, 6) is -2.11. The molecule has 3 aliphatic heterocycles. The van der Waals surface area contributed by atoms with E-state index in [9.17, 15) is 32.5 Å². The van der Waals surface area contributed by atoms with Gasteiger partial charge in [0.15, 0.2) is 17.1 Å². The van der Waals surface area contributed by atoms with Gasteiger partial charge in [0.25, 0.3) is 5.91 Å². The van der Waals surface area contributed by atoms with Gasteiger partial charge in [-0.15, -0.1) is 15.6 Å². The molecule has 37 heavy (non-hydrogen) atoms. The topological polar surface area (TPSA) is 255 Å². The number of aliphatic carboxylic acids is 1. The Morgan fingerprint density at radius 2 is 2.16 bits per heavy atom. The number of aromatic nitrogens is 1. The molecule has 19 heteroatoms. The number of nitrogens with zero attached hydrogens (tertiary/aromatic N) is 4. The Hall–Kier alpha value is -3.10. The van der Waals surface area contributed by atoms with Crippen molar-refractivity contribution in [1.29, 1.82) is 0 Å². The lowest BCUT2D eigenvalue weighted by Crippen LogP contribution is -2.56. The van der Waals surface area contributed by atoms with Gasteiger partial charge < -0.3 is 41.7 Å². The molecule has 1 aromatic rings. The maximum atomic E-state index is 13.3. The minimum absolute atomic E-state index is 0.0142. The number of ether oxygens (including phenoxy) is 1. The smallest absolute Gasteiger partial charge is 0.350 e. The number of hydrogen-bond acceptors (Lipinski definition) is 12. The maximum absolute atomic E-state index is 13.3.